The first-order valence-electron chi connectivity index (χ1n) is 11.8. The number of nitrogens with zero attached hydrogens (tertiary/aromatic N) is 4. The largest absolute Gasteiger partial charge is 0.465 e. The fourth-order valence-electron chi connectivity index (χ4n) is 3.10. The summed E-state index contributed by atoms with van der Waals surface area (Å²) in [6.45, 7) is 13.2. The van der Waals surface area contributed by atoms with E-state index in [1.807, 2.05) is 43.5 Å². The maximum absolute atomic E-state index is 11.9. The van der Waals surface area contributed by atoms with Gasteiger partial charge in [0.2, 0.25) is 0 Å². The molecule has 0 fully saturated rings. The van der Waals surface area contributed by atoms with E-state index in [2.05, 4.69) is 35.3 Å². The molecule has 9 heteroatoms. The average Bonchev–Trinajstić information content (AvgIpc) is 3.10. The second-order valence-corrected chi connectivity index (χ2v) is 9.66. The Morgan fingerprint density at radius 1 is 1.00 bits per heavy atom. The molecule has 0 spiro atoms. The number of benzene rings is 1. The molecule has 0 aliphatic carbocycles. The van der Waals surface area contributed by atoms with Crippen LogP contribution in [0.3, 0.4) is 0 Å². The van der Waals surface area contributed by atoms with Gasteiger partial charge in [-0.15, -0.1) is 0 Å². The molecule has 0 saturated carbocycles. The summed E-state index contributed by atoms with van der Waals surface area (Å²) in [7, 11) is 0. The minimum absolute atomic E-state index is 0.00765. The second-order valence-electron chi connectivity index (χ2n) is 8.48. The first-order valence-corrected chi connectivity index (χ1v) is 12.6. The van der Waals surface area contributed by atoms with Crippen molar-refractivity contribution in [2.24, 2.45) is 5.92 Å². The summed E-state index contributed by atoms with van der Waals surface area (Å²) in [5.41, 5.74) is 3.03. The highest BCUT2D eigenvalue weighted by molar-refractivity contribution is 7.97. The van der Waals surface area contributed by atoms with Gasteiger partial charge in [0, 0.05) is 17.6 Å². The molecular weight excluding hydrogens is 464 g/mol. The van der Waals surface area contributed by atoms with E-state index < -0.39 is 0 Å². The number of carbonyl (C=O) groups is 2. The molecule has 3 aromatic rings. The van der Waals surface area contributed by atoms with Gasteiger partial charge in [-0.05, 0) is 62.4 Å². The van der Waals surface area contributed by atoms with Gasteiger partial charge in [-0.2, -0.15) is 0 Å². The van der Waals surface area contributed by atoms with E-state index in [1.54, 1.807) is 24.3 Å². The van der Waals surface area contributed by atoms with E-state index in [-0.39, 0.29) is 25.0 Å². The van der Waals surface area contributed by atoms with Gasteiger partial charge in [-0.25, -0.2) is 9.29 Å². The van der Waals surface area contributed by atoms with Crippen LogP contribution in [0.4, 0.5) is 0 Å². The summed E-state index contributed by atoms with van der Waals surface area (Å²) in [5, 5.41) is 0. The van der Waals surface area contributed by atoms with E-state index >= 15 is 0 Å². The van der Waals surface area contributed by atoms with Crippen molar-refractivity contribution in [3.05, 3.63) is 54.1 Å². The zero-order chi connectivity index (χ0) is 25.8. The van der Waals surface area contributed by atoms with Crippen LogP contribution in [-0.2, 0) is 25.6 Å². The van der Waals surface area contributed by atoms with Crippen LogP contribution < -0.4 is 0 Å². The van der Waals surface area contributed by atoms with Crippen LogP contribution in [0.2, 0.25) is 0 Å². The first-order chi connectivity index (χ1) is 16.7. The number of pyridine rings is 1. The quantitative estimate of drug-likeness (QED) is 0.287. The number of ether oxygens (including phenoxy) is 2. The fourth-order valence-corrected chi connectivity index (χ4v) is 3.99. The maximum Gasteiger partial charge on any atom is 0.321 e. The van der Waals surface area contributed by atoms with Crippen LogP contribution >= 0.6 is 11.9 Å². The predicted octanol–water partition coefficient (Wildman–Crippen LogP) is 4.89. The number of carbonyl (C=O) groups excluding carboxylic acids is 2. The third kappa shape index (κ3) is 9.70. The zero-order valence-corrected chi connectivity index (χ0v) is 22.3. The van der Waals surface area contributed by atoms with E-state index in [9.17, 15) is 9.59 Å². The topological polar surface area (TPSA) is 86.5 Å². The average molecular weight is 501 g/mol. The number of imidazole rings is 1. The first kappa shape index (κ1) is 28.3. The summed E-state index contributed by atoms with van der Waals surface area (Å²) in [4.78, 5) is 33.5. The summed E-state index contributed by atoms with van der Waals surface area (Å²) < 4.78 is 13.8. The molecule has 0 bridgehead atoms. The number of esters is 2. The molecule has 190 valence electrons. The van der Waals surface area contributed by atoms with Crippen molar-refractivity contribution in [2.75, 3.05) is 26.3 Å². The molecule has 3 rings (SSSR count). The Balaban J connectivity index is 0.00000100. The molecule has 1 aromatic carbocycles. The van der Waals surface area contributed by atoms with Crippen LogP contribution in [0, 0.1) is 12.8 Å². The van der Waals surface area contributed by atoms with E-state index in [0.29, 0.717) is 19.8 Å². The van der Waals surface area contributed by atoms with Crippen LogP contribution in [0.15, 0.2) is 47.6 Å². The van der Waals surface area contributed by atoms with Crippen molar-refractivity contribution < 1.29 is 19.1 Å². The third-order valence-electron chi connectivity index (χ3n) is 4.46. The van der Waals surface area contributed by atoms with Crippen LogP contribution in [-0.4, -0.2) is 57.1 Å². The van der Waals surface area contributed by atoms with Crippen LogP contribution in [0.5, 0.6) is 0 Å². The Hall–Kier alpha value is -2.91. The van der Waals surface area contributed by atoms with Crippen molar-refractivity contribution >= 4 is 34.9 Å². The van der Waals surface area contributed by atoms with Gasteiger partial charge < -0.3 is 14.0 Å². The number of hydrogen-bond donors (Lipinski definition) is 0. The monoisotopic (exact) mass is 500 g/mol. The molecule has 0 N–H and O–H groups in total. The normalized spacial score (nSPS) is 10.9. The molecule has 35 heavy (non-hydrogen) atoms. The smallest absolute Gasteiger partial charge is 0.321 e. The minimum atomic E-state index is -0.382. The molecule has 0 amide bonds. The Morgan fingerprint density at radius 2 is 1.57 bits per heavy atom. The summed E-state index contributed by atoms with van der Waals surface area (Å²) in [5.74, 6) is 0.996. The number of hydrogen-bond acceptors (Lipinski definition) is 8. The van der Waals surface area contributed by atoms with E-state index in [1.165, 1.54) is 11.9 Å². The molecule has 0 atom stereocenters. The van der Waals surface area contributed by atoms with Crippen molar-refractivity contribution in [3.63, 3.8) is 0 Å². The van der Waals surface area contributed by atoms with Gasteiger partial charge in [-0.1, -0.05) is 32.9 Å². The van der Waals surface area contributed by atoms with Gasteiger partial charge in [0.1, 0.15) is 18.9 Å². The van der Waals surface area contributed by atoms with Crippen molar-refractivity contribution in [2.45, 2.75) is 53.0 Å². The molecule has 0 aliphatic heterocycles. The molecule has 0 aliphatic rings. The molecule has 2 heterocycles. The summed E-state index contributed by atoms with van der Waals surface area (Å²) in [6, 6.07) is 9.89. The lowest BCUT2D eigenvalue weighted by Gasteiger charge is -2.19. The molecule has 0 saturated heterocycles. The van der Waals surface area contributed by atoms with Crippen molar-refractivity contribution in [3.8, 4) is 0 Å². The molecule has 0 radical (unpaired) electrons. The molecule has 8 nitrogen and oxygen atoms in total. The predicted molar refractivity (Wildman–Crippen MR) is 139 cm³/mol. The second kappa shape index (κ2) is 14.5. The number of aryl methyl sites for hydroxylation is 1. The van der Waals surface area contributed by atoms with Crippen molar-refractivity contribution in [1.82, 2.24) is 18.8 Å². The maximum atomic E-state index is 11.9. The number of aromatic nitrogens is 3. The lowest BCUT2D eigenvalue weighted by molar-refractivity contribution is -0.145. The molecule has 0 unspecified atom stereocenters. The standard InChI is InChI=1S/C22H26N4O4S.C4H10/c1-4-29-21(27)14-25(15-22(28)30-5-2)31-18-8-6-17(7-9-18)13-26-16(3)24-19-10-11-23-12-20(19)26;1-4(2)3/h6-12H,4-5,13-15H2,1-3H3;4H,1-3H3. The Labute approximate surface area is 212 Å². The number of rotatable bonds is 10. The summed E-state index contributed by atoms with van der Waals surface area (Å²) >= 11 is 1.32. The Morgan fingerprint density at radius 3 is 2.11 bits per heavy atom. The van der Waals surface area contributed by atoms with Gasteiger partial charge in [0.15, 0.2) is 0 Å². The van der Waals surface area contributed by atoms with E-state index in [0.717, 1.165) is 33.2 Å². The van der Waals surface area contributed by atoms with Gasteiger partial charge >= 0.3 is 11.9 Å². The van der Waals surface area contributed by atoms with Crippen molar-refractivity contribution in [1.29, 1.82) is 0 Å². The minimum Gasteiger partial charge on any atom is -0.465 e. The lowest BCUT2D eigenvalue weighted by Crippen LogP contribution is -2.31. The van der Waals surface area contributed by atoms with E-state index in [4.69, 9.17) is 9.47 Å². The van der Waals surface area contributed by atoms with Gasteiger partial charge in [-0.3, -0.25) is 14.6 Å². The highest BCUT2D eigenvalue weighted by Crippen LogP contribution is 2.24. The van der Waals surface area contributed by atoms with Gasteiger partial charge in [0.05, 0.1) is 30.4 Å². The lowest BCUT2D eigenvalue weighted by atomic mass is 10.2. The molecular formula is C26H36N4O4S. The highest BCUT2D eigenvalue weighted by atomic mass is 32.2. The number of fused-ring (bicyclic) bond motifs is 1. The molecule has 2 aromatic heterocycles. The third-order valence-corrected chi connectivity index (χ3v) is 5.46. The zero-order valence-electron chi connectivity index (χ0n) is 21.5. The Kier molecular flexibility index (Phi) is 11.7. The fraction of sp³-hybridized carbons (Fsp3) is 0.462. The SMILES string of the molecule is CC(C)C.CCOC(=O)CN(CC(=O)OCC)Sc1ccc(Cn2c(C)nc3ccncc32)cc1. The Bertz CT molecular complexity index is 1060. The van der Waals surface area contributed by atoms with Crippen LogP contribution in [0.25, 0.3) is 11.0 Å². The summed E-state index contributed by atoms with van der Waals surface area (Å²) in [6.07, 6.45) is 3.56. The van der Waals surface area contributed by atoms with Crippen LogP contribution in [0.1, 0.15) is 46.0 Å². The highest BCUT2D eigenvalue weighted by Gasteiger charge is 2.18. The van der Waals surface area contributed by atoms with Gasteiger partial charge in [0.25, 0.3) is 0 Å².